The van der Waals surface area contributed by atoms with Crippen LogP contribution in [-0.2, 0) is 9.53 Å². The maximum absolute atomic E-state index is 11.8. The van der Waals surface area contributed by atoms with E-state index in [9.17, 15) is 4.79 Å². The lowest BCUT2D eigenvalue weighted by Crippen LogP contribution is -2.29. The lowest BCUT2D eigenvalue weighted by molar-refractivity contribution is -0.151. The maximum Gasteiger partial charge on any atom is 0.347 e. The first-order chi connectivity index (χ1) is 9.13. The summed E-state index contributed by atoms with van der Waals surface area (Å²) in [6.45, 7) is 6.05. The summed E-state index contributed by atoms with van der Waals surface area (Å²) in [5.74, 6) is 0.335. The minimum absolute atomic E-state index is 0.0871. The molecule has 1 aromatic carbocycles. The van der Waals surface area contributed by atoms with Crippen molar-refractivity contribution >= 4 is 5.97 Å². The average Bonchev–Trinajstić information content (AvgIpc) is 2.44. The molecule has 1 rings (SSSR count). The summed E-state index contributed by atoms with van der Waals surface area (Å²) in [7, 11) is 0. The molecular formula is C15H23NO3. The van der Waals surface area contributed by atoms with Crippen molar-refractivity contribution in [2.24, 2.45) is 5.73 Å². The molecule has 0 fully saturated rings. The Bertz CT molecular complexity index is 406. The van der Waals surface area contributed by atoms with Crippen LogP contribution in [0.15, 0.2) is 24.3 Å². The fourth-order valence-electron chi connectivity index (χ4n) is 1.80. The number of hydrogen-bond acceptors (Lipinski definition) is 4. The number of hydrogen-bond donors (Lipinski definition) is 1. The highest BCUT2D eigenvalue weighted by Crippen LogP contribution is 2.26. The van der Waals surface area contributed by atoms with E-state index in [2.05, 4.69) is 0 Å². The number of carbonyl (C=O) groups excluding carboxylic acids is 1. The standard InChI is InChI=1S/C15H23NO3/c1-4-12(16)11-9-7-8-10-14(11)19-13(5-2)15(17)18-6-3/h7-10,12-13H,4-6,16H2,1-3H3/t12-,13?/m0/s1. The maximum atomic E-state index is 11.8. The normalized spacial score (nSPS) is 13.7. The molecule has 0 aliphatic rings. The molecule has 0 heterocycles. The van der Waals surface area contributed by atoms with Crippen molar-refractivity contribution in [2.45, 2.75) is 45.8 Å². The van der Waals surface area contributed by atoms with Crippen LogP contribution < -0.4 is 10.5 Å². The summed E-state index contributed by atoms with van der Waals surface area (Å²) in [5, 5.41) is 0. The van der Waals surface area contributed by atoms with Crippen LogP contribution >= 0.6 is 0 Å². The van der Waals surface area contributed by atoms with Crippen molar-refractivity contribution in [3.63, 3.8) is 0 Å². The summed E-state index contributed by atoms with van der Waals surface area (Å²) in [6.07, 6.45) is 0.802. The Labute approximate surface area is 114 Å². The van der Waals surface area contributed by atoms with E-state index < -0.39 is 6.10 Å². The van der Waals surface area contributed by atoms with Crippen LogP contribution in [0.5, 0.6) is 5.75 Å². The van der Waals surface area contributed by atoms with Gasteiger partial charge in [0.05, 0.1) is 6.61 Å². The first-order valence-corrected chi connectivity index (χ1v) is 6.81. The Morgan fingerprint density at radius 2 is 1.89 bits per heavy atom. The van der Waals surface area contributed by atoms with Crippen molar-refractivity contribution < 1.29 is 14.3 Å². The SMILES string of the molecule is CCOC(=O)C(CC)Oc1ccccc1[C@@H](N)CC. The minimum Gasteiger partial charge on any atom is -0.478 e. The van der Waals surface area contributed by atoms with Crippen LogP contribution in [-0.4, -0.2) is 18.7 Å². The van der Waals surface area contributed by atoms with Gasteiger partial charge in [-0.2, -0.15) is 0 Å². The highest BCUT2D eigenvalue weighted by atomic mass is 16.6. The van der Waals surface area contributed by atoms with Crippen molar-refractivity contribution in [3.05, 3.63) is 29.8 Å². The Morgan fingerprint density at radius 3 is 2.47 bits per heavy atom. The van der Waals surface area contributed by atoms with Gasteiger partial charge in [-0.1, -0.05) is 32.0 Å². The van der Waals surface area contributed by atoms with Gasteiger partial charge in [0.25, 0.3) is 0 Å². The molecule has 0 saturated heterocycles. The van der Waals surface area contributed by atoms with E-state index in [1.807, 2.05) is 38.1 Å². The van der Waals surface area contributed by atoms with Gasteiger partial charge in [0.2, 0.25) is 0 Å². The third-order valence-electron chi connectivity index (χ3n) is 2.95. The van der Waals surface area contributed by atoms with Gasteiger partial charge in [0.1, 0.15) is 5.75 Å². The molecule has 2 N–H and O–H groups in total. The molecule has 0 radical (unpaired) electrons. The summed E-state index contributed by atoms with van der Waals surface area (Å²) in [5.41, 5.74) is 6.97. The van der Waals surface area contributed by atoms with E-state index in [1.165, 1.54) is 0 Å². The zero-order valence-electron chi connectivity index (χ0n) is 11.9. The number of ether oxygens (including phenoxy) is 2. The number of benzene rings is 1. The van der Waals surface area contributed by atoms with Crippen LogP contribution in [0.25, 0.3) is 0 Å². The summed E-state index contributed by atoms with van der Waals surface area (Å²) in [6, 6.07) is 7.48. The van der Waals surface area contributed by atoms with Crippen LogP contribution in [0, 0.1) is 0 Å². The molecule has 106 valence electrons. The molecule has 0 spiro atoms. The zero-order chi connectivity index (χ0) is 14.3. The van der Waals surface area contributed by atoms with E-state index in [1.54, 1.807) is 6.92 Å². The fraction of sp³-hybridized carbons (Fsp3) is 0.533. The molecule has 0 aliphatic carbocycles. The predicted molar refractivity (Wildman–Crippen MR) is 75.0 cm³/mol. The molecule has 4 nitrogen and oxygen atoms in total. The van der Waals surface area contributed by atoms with Crippen LogP contribution in [0.2, 0.25) is 0 Å². The number of carbonyl (C=O) groups is 1. The Hall–Kier alpha value is -1.55. The first-order valence-electron chi connectivity index (χ1n) is 6.81. The lowest BCUT2D eigenvalue weighted by Gasteiger charge is -2.20. The third-order valence-corrected chi connectivity index (χ3v) is 2.95. The fourth-order valence-corrected chi connectivity index (χ4v) is 1.80. The van der Waals surface area contributed by atoms with Crippen LogP contribution in [0.3, 0.4) is 0 Å². The number of esters is 1. The number of rotatable bonds is 7. The largest absolute Gasteiger partial charge is 0.478 e. The quantitative estimate of drug-likeness (QED) is 0.770. The second kappa shape index (κ2) is 7.79. The Morgan fingerprint density at radius 1 is 1.21 bits per heavy atom. The monoisotopic (exact) mass is 265 g/mol. The highest BCUT2D eigenvalue weighted by Gasteiger charge is 2.21. The van der Waals surface area contributed by atoms with Gasteiger partial charge in [-0.3, -0.25) is 0 Å². The minimum atomic E-state index is -0.579. The molecule has 2 atom stereocenters. The first kappa shape index (κ1) is 15.5. The van der Waals surface area contributed by atoms with E-state index in [0.717, 1.165) is 12.0 Å². The molecule has 0 aliphatic heterocycles. The Balaban J connectivity index is 2.88. The smallest absolute Gasteiger partial charge is 0.347 e. The van der Waals surface area contributed by atoms with Gasteiger partial charge in [0, 0.05) is 11.6 Å². The summed E-state index contributed by atoms with van der Waals surface area (Å²) >= 11 is 0. The topological polar surface area (TPSA) is 61.5 Å². The van der Waals surface area contributed by atoms with Gasteiger partial charge < -0.3 is 15.2 Å². The lowest BCUT2D eigenvalue weighted by atomic mass is 10.0. The molecular weight excluding hydrogens is 242 g/mol. The van der Waals surface area contributed by atoms with Gasteiger partial charge >= 0.3 is 5.97 Å². The molecule has 0 amide bonds. The van der Waals surface area contributed by atoms with Crippen LogP contribution in [0.4, 0.5) is 0 Å². The number of nitrogens with two attached hydrogens (primary N) is 1. The van der Waals surface area contributed by atoms with Gasteiger partial charge in [-0.25, -0.2) is 4.79 Å². The summed E-state index contributed by atoms with van der Waals surface area (Å²) in [4.78, 5) is 11.8. The molecule has 4 heteroatoms. The molecule has 0 bridgehead atoms. The van der Waals surface area contributed by atoms with E-state index in [4.69, 9.17) is 15.2 Å². The Kier molecular flexibility index (Phi) is 6.36. The van der Waals surface area contributed by atoms with Crippen molar-refractivity contribution in [1.29, 1.82) is 0 Å². The van der Waals surface area contributed by atoms with Crippen molar-refractivity contribution in [2.75, 3.05) is 6.61 Å². The molecule has 19 heavy (non-hydrogen) atoms. The third kappa shape index (κ3) is 4.24. The van der Waals surface area contributed by atoms with E-state index >= 15 is 0 Å². The zero-order valence-corrected chi connectivity index (χ0v) is 11.9. The number of para-hydroxylation sites is 1. The van der Waals surface area contributed by atoms with Crippen molar-refractivity contribution in [1.82, 2.24) is 0 Å². The van der Waals surface area contributed by atoms with Gasteiger partial charge in [-0.15, -0.1) is 0 Å². The average molecular weight is 265 g/mol. The second-order valence-corrected chi connectivity index (χ2v) is 4.32. The second-order valence-electron chi connectivity index (χ2n) is 4.32. The highest BCUT2D eigenvalue weighted by molar-refractivity contribution is 5.75. The molecule has 0 saturated carbocycles. The molecule has 1 unspecified atom stereocenters. The van der Waals surface area contributed by atoms with E-state index in [0.29, 0.717) is 18.8 Å². The molecule has 0 aromatic heterocycles. The van der Waals surface area contributed by atoms with Gasteiger partial charge in [-0.05, 0) is 25.8 Å². The van der Waals surface area contributed by atoms with Gasteiger partial charge in [0.15, 0.2) is 6.10 Å². The van der Waals surface area contributed by atoms with Crippen LogP contribution in [0.1, 0.15) is 45.2 Å². The van der Waals surface area contributed by atoms with E-state index in [-0.39, 0.29) is 12.0 Å². The predicted octanol–water partition coefficient (Wildman–Crippen LogP) is 2.82. The summed E-state index contributed by atoms with van der Waals surface area (Å²) < 4.78 is 10.8. The van der Waals surface area contributed by atoms with Crippen molar-refractivity contribution in [3.8, 4) is 5.75 Å². The molecule has 1 aromatic rings.